The molecule has 1 fully saturated rings. The lowest BCUT2D eigenvalue weighted by molar-refractivity contribution is -0.130. The number of aryl methyl sites for hydroxylation is 1. The Hall–Kier alpha value is -3.66. The number of nitrogens with zero attached hydrogens (tertiary/aromatic N) is 1. The molecule has 32 heavy (non-hydrogen) atoms. The lowest BCUT2D eigenvalue weighted by Gasteiger charge is -2.47. The number of carbonyl (C=O) groups is 1. The molecule has 0 unspecified atom stereocenters. The van der Waals surface area contributed by atoms with E-state index in [1.807, 2.05) is 30.3 Å². The van der Waals surface area contributed by atoms with Crippen molar-refractivity contribution in [2.75, 3.05) is 4.90 Å². The van der Waals surface area contributed by atoms with Gasteiger partial charge in [0.2, 0.25) is 5.91 Å². The van der Waals surface area contributed by atoms with Crippen molar-refractivity contribution < 1.29 is 14.3 Å². The average molecular weight is 426 g/mol. The second kappa shape index (κ2) is 8.46. The highest BCUT2D eigenvalue weighted by Crippen LogP contribution is 2.46. The fourth-order valence-corrected chi connectivity index (χ4v) is 4.72. The van der Waals surface area contributed by atoms with Crippen LogP contribution in [0.4, 0.5) is 10.1 Å². The van der Waals surface area contributed by atoms with E-state index in [1.54, 1.807) is 29.2 Å². The third-order valence-corrected chi connectivity index (χ3v) is 6.32. The number of halogens is 1. The summed E-state index contributed by atoms with van der Waals surface area (Å²) >= 11 is 0. The van der Waals surface area contributed by atoms with Crippen molar-refractivity contribution in [3.8, 4) is 16.9 Å². The quantitative estimate of drug-likeness (QED) is 0.365. The molecule has 4 heteroatoms. The number of carbonyl (C=O) groups excluding carboxylic acids is 1. The van der Waals surface area contributed by atoms with Crippen molar-refractivity contribution in [3.63, 3.8) is 0 Å². The molecule has 2 aromatic rings. The number of phenols is 1. The van der Waals surface area contributed by atoms with Crippen LogP contribution in [0, 0.1) is 11.7 Å². The molecule has 0 aromatic heterocycles. The molecular formula is C28H24FNO2. The summed E-state index contributed by atoms with van der Waals surface area (Å²) in [5.41, 5.74) is 5.42. The van der Waals surface area contributed by atoms with Crippen LogP contribution in [0.5, 0.6) is 5.75 Å². The van der Waals surface area contributed by atoms with E-state index < -0.39 is 0 Å². The zero-order valence-electron chi connectivity index (χ0n) is 17.6. The third kappa shape index (κ3) is 3.84. The third-order valence-electron chi connectivity index (χ3n) is 6.32. The number of amides is 1. The van der Waals surface area contributed by atoms with Crippen molar-refractivity contribution in [2.45, 2.75) is 25.3 Å². The highest BCUT2D eigenvalue weighted by atomic mass is 19.1. The number of phenolic OH excluding ortho intramolecular Hbond substituents is 1. The summed E-state index contributed by atoms with van der Waals surface area (Å²) in [7, 11) is 0. The molecule has 1 N–H and O–H groups in total. The number of anilines is 1. The van der Waals surface area contributed by atoms with E-state index in [9.17, 15) is 14.3 Å². The van der Waals surface area contributed by atoms with Crippen LogP contribution in [0.2, 0.25) is 0 Å². The molecule has 1 amide bonds. The first-order valence-electron chi connectivity index (χ1n) is 11.0. The predicted octanol–water partition coefficient (Wildman–Crippen LogP) is 6.36. The molecule has 2 aromatic carbocycles. The molecule has 2 aliphatic carbocycles. The van der Waals surface area contributed by atoms with Gasteiger partial charge in [0.25, 0.3) is 0 Å². The number of fused-ring (bicyclic) bond motifs is 1. The molecule has 1 saturated heterocycles. The summed E-state index contributed by atoms with van der Waals surface area (Å²) in [6.45, 7) is 0. The van der Waals surface area contributed by atoms with E-state index in [-0.39, 0.29) is 29.4 Å². The second-order valence-corrected chi connectivity index (χ2v) is 8.40. The van der Waals surface area contributed by atoms with Gasteiger partial charge in [0.15, 0.2) is 0 Å². The summed E-state index contributed by atoms with van der Waals surface area (Å²) in [6, 6.07) is 27.8. The van der Waals surface area contributed by atoms with Gasteiger partial charge in [0, 0.05) is 5.69 Å². The minimum atomic E-state index is -0.324. The first kappa shape index (κ1) is 20.3. The fraction of sp³-hybridized carbons (Fsp3) is 0.179. The highest BCUT2D eigenvalue weighted by Gasteiger charge is 2.48. The number of aromatic hydroxyl groups is 1. The number of rotatable bonds is 6. The number of hydrogen-bond donors (Lipinski definition) is 1. The van der Waals surface area contributed by atoms with E-state index in [1.165, 1.54) is 28.8 Å². The molecule has 3 aliphatic rings. The average Bonchev–Trinajstić information content (AvgIpc) is 3.05. The van der Waals surface area contributed by atoms with Crippen LogP contribution in [0.1, 0.15) is 30.0 Å². The standard InChI is InChI=1S/C28H24FNO2/c29-23-11-13-24(14-12-23)30-27(20-9-15-25(31)16-10-20)26(28(30)32)8-4-5-19-17-21-6-2-1-3-7-22(21)18-19/h1-3,6-7,9-18,26-27,31H,4-5,8H2/t26-,27-/m1/s1. The number of hydrogen-bond acceptors (Lipinski definition) is 2. The van der Waals surface area contributed by atoms with E-state index in [0.717, 1.165) is 24.8 Å². The van der Waals surface area contributed by atoms with Gasteiger partial charge in [0.05, 0.1) is 12.0 Å². The molecule has 0 spiro atoms. The van der Waals surface area contributed by atoms with E-state index >= 15 is 0 Å². The van der Waals surface area contributed by atoms with Crippen LogP contribution in [-0.4, -0.2) is 11.0 Å². The Labute approximate surface area is 187 Å². The van der Waals surface area contributed by atoms with Crippen molar-refractivity contribution in [1.29, 1.82) is 0 Å². The summed E-state index contributed by atoms with van der Waals surface area (Å²) in [6.07, 6.45) is 2.60. The molecule has 1 heterocycles. The maximum atomic E-state index is 13.4. The van der Waals surface area contributed by atoms with Gasteiger partial charge in [-0.1, -0.05) is 54.6 Å². The molecule has 2 atom stereocenters. The van der Waals surface area contributed by atoms with E-state index in [4.69, 9.17) is 0 Å². The topological polar surface area (TPSA) is 40.5 Å². The Bertz CT molecular complexity index is 1170. The Morgan fingerprint density at radius 3 is 2.16 bits per heavy atom. The fourth-order valence-electron chi connectivity index (χ4n) is 4.72. The Morgan fingerprint density at radius 2 is 1.50 bits per heavy atom. The SMILES string of the molecule is O=C1[C@H](CCCc2cc3cccccc-3c2)[C@@H](c2ccc(O)cc2)N1c1ccc(F)cc1. The van der Waals surface area contributed by atoms with Gasteiger partial charge in [0.1, 0.15) is 11.6 Å². The first-order valence-corrected chi connectivity index (χ1v) is 11.0. The zero-order valence-corrected chi connectivity index (χ0v) is 17.6. The Kier molecular flexibility index (Phi) is 5.36. The molecule has 160 valence electrons. The van der Waals surface area contributed by atoms with Crippen molar-refractivity contribution in [3.05, 3.63) is 108 Å². The molecule has 0 saturated carbocycles. The maximum Gasteiger partial charge on any atom is 0.233 e. The van der Waals surface area contributed by atoms with E-state index in [2.05, 4.69) is 24.3 Å². The maximum absolute atomic E-state index is 13.4. The molecule has 5 rings (SSSR count). The number of β-lactam (4-membered cyclic amide) rings is 1. The molecular weight excluding hydrogens is 401 g/mol. The molecule has 0 radical (unpaired) electrons. The lowest BCUT2D eigenvalue weighted by Crippen LogP contribution is -2.55. The summed E-state index contributed by atoms with van der Waals surface area (Å²) in [5.74, 6) is -0.197. The van der Waals surface area contributed by atoms with Gasteiger partial charge < -0.3 is 10.0 Å². The van der Waals surface area contributed by atoms with Crippen LogP contribution >= 0.6 is 0 Å². The smallest absolute Gasteiger partial charge is 0.233 e. The van der Waals surface area contributed by atoms with Crippen molar-refractivity contribution in [2.24, 2.45) is 5.92 Å². The molecule has 0 bridgehead atoms. The second-order valence-electron chi connectivity index (χ2n) is 8.40. The van der Waals surface area contributed by atoms with Crippen molar-refractivity contribution in [1.82, 2.24) is 0 Å². The van der Waals surface area contributed by atoms with Crippen LogP contribution < -0.4 is 4.90 Å². The van der Waals surface area contributed by atoms with Gasteiger partial charge in [-0.05, 0) is 77.9 Å². The van der Waals surface area contributed by atoms with E-state index in [0.29, 0.717) is 5.69 Å². The van der Waals surface area contributed by atoms with Crippen LogP contribution in [0.25, 0.3) is 11.1 Å². The van der Waals surface area contributed by atoms with Gasteiger partial charge in [-0.2, -0.15) is 0 Å². The minimum absolute atomic E-state index is 0.0642. The van der Waals surface area contributed by atoms with Gasteiger partial charge in [-0.3, -0.25) is 4.79 Å². The lowest BCUT2D eigenvalue weighted by atomic mass is 9.78. The summed E-state index contributed by atoms with van der Waals surface area (Å²) in [5, 5.41) is 9.68. The first-order chi connectivity index (χ1) is 15.6. The van der Waals surface area contributed by atoms with Crippen LogP contribution in [-0.2, 0) is 11.2 Å². The Morgan fingerprint density at radius 1 is 0.844 bits per heavy atom. The summed E-state index contributed by atoms with van der Waals surface area (Å²) < 4.78 is 13.4. The summed E-state index contributed by atoms with van der Waals surface area (Å²) in [4.78, 5) is 14.8. The molecule has 3 nitrogen and oxygen atoms in total. The van der Waals surface area contributed by atoms with Gasteiger partial charge >= 0.3 is 0 Å². The van der Waals surface area contributed by atoms with Crippen molar-refractivity contribution >= 4 is 11.6 Å². The van der Waals surface area contributed by atoms with Gasteiger partial charge in [-0.25, -0.2) is 4.39 Å². The normalized spacial score (nSPS) is 18.0. The largest absolute Gasteiger partial charge is 0.508 e. The minimum Gasteiger partial charge on any atom is -0.508 e. The zero-order chi connectivity index (χ0) is 22.1. The van der Waals surface area contributed by atoms with Gasteiger partial charge in [-0.15, -0.1) is 0 Å². The molecule has 1 aliphatic heterocycles. The number of benzene rings is 2. The predicted molar refractivity (Wildman–Crippen MR) is 124 cm³/mol. The Balaban J connectivity index is 1.33. The van der Waals surface area contributed by atoms with Crippen LogP contribution in [0.3, 0.4) is 0 Å². The monoisotopic (exact) mass is 425 g/mol. The highest BCUT2D eigenvalue weighted by molar-refractivity contribution is 6.03. The van der Waals surface area contributed by atoms with Crippen LogP contribution in [0.15, 0.2) is 91.0 Å².